The Balaban J connectivity index is 1.51. The maximum atomic E-state index is 12.3. The van der Waals surface area contributed by atoms with Crippen LogP contribution in [-0.2, 0) is 17.9 Å². The molecule has 2 aromatic carbocycles. The number of para-hydroxylation sites is 1. The van der Waals surface area contributed by atoms with E-state index >= 15 is 0 Å². The van der Waals surface area contributed by atoms with E-state index in [2.05, 4.69) is 10.3 Å². The summed E-state index contributed by atoms with van der Waals surface area (Å²) in [5.41, 5.74) is 3.56. The molecule has 7 heteroatoms. The fourth-order valence-corrected chi connectivity index (χ4v) is 3.78. The Kier molecular flexibility index (Phi) is 4.90. The van der Waals surface area contributed by atoms with E-state index in [1.54, 1.807) is 12.3 Å². The maximum absolute atomic E-state index is 12.3. The zero-order chi connectivity index (χ0) is 19.5. The summed E-state index contributed by atoms with van der Waals surface area (Å²) < 4.78 is 1.08. The lowest BCUT2D eigenvalue weighted by Crippen LogP contribution is -2.29. The number of aromatic hydroxyl groups is 1. The Morgan fingerprint density at radius 3 is 2.71 bits per heavy atom. The minimum Gasteiger partial charge on any atom is -0.493 e. The SMILES string of the molecule is O=C(Cn1c(O)c(/C=C2/C=Nc3ccccc32)sc1=O)NCc1ccccc1. The summed E-state index contributed by atoms with van der Waals surface area (Å²) in [6.45, 7) is 0.130. The van der Waals surface area contributed by atoms with E-state index in [-0.39, 0.29) is 23.2 Å². The zero-order valence-electron chi connectivity index (χ0n) is 14.8. The molecule has 4 rings (SSSR count). The number of carbonyl (C=O) groups excluding carboxylic acids is 1. The Morgan fingerprint density at radius 1 is 1.14 bits per heavy atom. The van der Waals surface area contributed by atoms with Crippen molar-refractivity contribution in [3.05, 3.63) is 80.3 Å². The molecule has 0 atom stereocenters. The van der Waals surface area contributed by atoms with E-state index < -0.39 is 0 Å². The van der Waals surface area contributed by atoms with E-state index in [4.69, 9.17) is 0 Å². The fraction of sp³-hybridized carbons (Fsp3) is 0.0952. The van der Waals surface area contributed by atoms with E-state index in [1.165, 1.54) is 0 Å². The molecule has 0 fully saturated rings. The smallest absolute Gasteiger partial charge is 0.311 e. The molecule has 0 bridgehead atoms. The average molecular weight is 391 g/mol. The monoisotopic (exact) mass is 391 g/mol. The minimum atomic E-state index is -0.387. The van der Waals surface area contributed by atoms with Gasteiger partial charge in [0.05, 0.1) is 10.6 Å². The van der Waals surface area contributed by atoms with Crippen LogP contribution >= 0.6 is 11.3 Å². The lowest BCUT2D eigenvalue weighted by molar-refractivity contribution is -0.121. The second-order valence-electron chi connectivity index (χ2n) is 6.28. The number of benzene rings is 2. The van der Waals surface area contributed by atoms with Gasteiger partial charge in [0.25, 0.3) is 0 Å². The second-order valence-corrected chi connectivity index (χ2v) is 7.27. The molecular weight excluding hydrogens is 374 g/mol. The number of carbonyl (C=O) groups is 1. The number of aromatic nitrogens is 1. The van der Waals surface area contributed by atoms with Crippen LogP contribution in [-0.4, -0.2) is 21.8 Å². The highest BCUT2D eigenvalue weighted by Gasteiger charge is 2.18. The number of aliphatic imine (C=N–C) groups is 1. The van der Waals surface area contributed by atoms with Crippen molar-refractivity contribution in [2.24, 2.45) is 4.99 Å². The molecule has 0 saturated carbocycles. The van der Waals surface area contributed by atoms with Crippen molar-refractivity contribution in [1.29, 1.82) is 0 Å². The quantitative estimate of drug-likeness (QED) is 0.701. The fourth-order valence-electron chi connectivity index (χ4n) is 2.94. The van der Waals surface area contributed by atoms with Crippen molar-refractivity contribution in [3.8, 4) is 5.88 Å². The highest BCUT2D eigenvalue weighted by atomic mass is 32.1. The highest BCUT2D eigenvalue weighted by molar-refractivity contribution is 7.10. The highest BCUT2D eigenvalue weighted by Crippen LogP contribution is 2.34. The first-order valence-corrected chi connectivity index (χ1v) is 9.52. The third-order valence-corrected chi connectivity index (χ3v) is 5.29. The number of thiazole rings is 1. The molecule has 2 heterocycles. The van der Waals surface area contributed by atoms with Gasteiger partial charge in [-0.05, 0) is 17.7 Å². The molecule has 2 N–H and O–H groups in total. The van der Waals surface area contributed by atoms with Crippen molar-refractivity contribution in [1.82, 2.24) is 9.88 Å². The van der Waals surface area contributed by atoms with Gasteiger partial charge in [0.1, 0.15) is 6.54 Å². The molecule has 6 nitrogen and oxygen atoms in total. The van der Waals surface area contributed by atoms with Crippen molar-refractivity contribution in [2.45, 2.75) is 13.1 Å². The van der Waals surface area contributed by atoms with Gasteiger partial charge in [-0.25, -0.2) is 0 Å². The van der Waals surface area contributed by atoms with Gasteiger partial charge < -0.3 is 10.4 Å². The van der Waals surface area contributed by atoms with Crippen molar-refractivity contribution < 1.29 is 9.90 Å². The van der Waals surface area contributed by atoms with E-state index in [0.29, 0.717) is 11.4 Å². The van der Waals surface area contributed by atoms with Crippen molar-refractivity contribution >= 4 is 40.8 Å². The first kappa shape index (κ1) is 17.9. The van der Waals surface area contributed by atoms with Crippen LogP contribution in [0.3, 0.4) is 0 Å². The Hall–Kier alpha value is -3.45. The summed E-state index contributed by atoms with van der Waals surface area (Å²) in [4.78, 5) is 28.8. The lowest BCUT2D eigenvalue weighted by Gasteiger charge is -2.06. The first-order valence-electron chi connectivity index (χ1n) is 8.70. The third kappa shape index (κ3) is 3.65. The summed E-state index contributed by atoms with van der Waals surface area (Å²) in [5, 5.41) is 13.2. The molecule has 0 aliphatic carbocycles. The summed E-state index contributed by atoms with van der Waals surface area (Å²) in [7, 11) is 0. The van der Waals surface area contributed by atoms with Gasteiger partial charge >= 0.3 is 4.87 Å². The second kappa shape index (κ2) is 7.66. The molecule has 1 amide bonds. The Morgan fingerprint density at radius 2 is 1.89 bits per heavy atom. The van der Waals surface area contributed by atoms with Crippen LogP contribution in [0.2, 0.25) is 0 Å². The Labute approximate surface area is 165 Å². The number of allylic oxidation sites excluding steroid dienone is 1. The number of fused-ring (bicyclic) bond motifs is 1. The molecule has 1 aliphatic heterocycles. The predicted octanol–water partition coefficient (Wildman–Crippen LogP) is 3.19. The number of rotatable bonds is 5. The molecule has 0 saturated heterocycles. The van der Waals surface area contributed by atoms with Gasteiger partial charge in [-0.1, -0.05) is 59.9 Å². The Bertz CT molecular complexity index is 1140. The number of hydrogen-bond acceptors (Lipinski definition) is 5. The van der Waals surface area contributed by atoms with Gasteiger partial charge in [-0.2, -0.15) is 0 Å². The normalized spacial score (nSPS) is 13.6. The molecule has 3 aromatic rings. The molecule has 28 heavy (non-hydrogen) atoms. The largest absolute Gasteiger partial charge is 0.493 e. The maximum Gasteiger partial charge on any atom is 0.311 e. The number of amides is 1. The predicted molar refractivity (Wildman–Crippen MR) is 111 cm³/mol. The first-order chi connectivity index (χ1) is 13.6. The molecule has 0 unspecified atom stereocenters. The summed E-state index contributed by atoms with van der Waals surface area (Å²) in [5.74, 6) is -0.554. The number of nitrogens with zero attached hydrogens (tertiary/aromatic N) is 2. The lowest BCUT2D eigenvalue weighted by atomic mass is 10.1. The van der Waals surface area contributed by atoms with Gasteiger partial charge in [0.15, 0.2) is 0 Å². The van der Waals surface area contributed by atoms with Crippen LogP contribution in [0.4, 0.5) is 5.69 Å². The van der Waals surface area contributed by atoms with Gasteiger partial charge in [0, 0.05) is 23.9 Å². The number of nitrogens with one attached hydrogen (secondary N) is 1. The summed E-state index contributed by atoms with van der Waals surface area (Å²) in [6.07, 6.45) is 3.42. The van der Waals surface area contributed by atoms with Crippen LogP contribution in [0.25, 0.3) is 11.6 Å². The molecule has 140 valence electrons. The molecule has 0 radical (unpaired) electrons. The third-order valence-electron chi connectivity index (χ3n) is 4.37. The van der Waals surface area contributed by atoms with Gasteiger partial charge in [-0.15, -0.1) is 0 Å². The van der Waals surface area contributed by atoms with Crippen LogP contribution < -0.4 is 10.2 Å². The van der Waals surface area contributed by atoms with Crippen molar-refractivity contribution in [3.63, 3.8) is 0 Å². The summed E-state index contributed by atoms with van der Waals surface area (Å²) in [6, 6.07) is 17.1. The van der Waals surface area contributed by atoms with Crippen LogP contribution in [0.5, 0.6) is 5.88 Å². The zero-order valence-corrected chi connectivity index (χ0v) is 15.6. The molecule has 1 aliphatic rings. The van der Waals surface area contributed by atoms with Gasteiger partial charge in [0.2, 0.25) is 11.8 Å². The standard InChI is InChI=1S/C21H17N3O3S/c25-19(23-11-14-6-2-1-3-7-14)13-24-20(26)18(28-21(24)27)10-15-12-22-17-9-5-4-8-16(15)17/h1-10,12,26H,11,13H2,(H,23,25)/b15-10-. The van der Waals surface area contributed by atoms with Crippen molar-refractivity contribution in [2.75, 3.05) is 0 Å². The number of hydrogen-bond donors (Lipinski definition) is 2. The average Bonchev–Trinajstić information content (AvgIpc) is 3.24. The van der Waals surface area contributed by atoms with E-state index in [1.807, 2.05) is 54.6 Å². The topological polar surface area (TPSA) is 83.7 Å². The molecule has 0 spiro atoms. The summed E-state index contributed by atoms with van der Waals surface area (Å²) >= 11 is 0.898. The van der Waals surface area contributed by atoms with E-state index in [0.717, 1.165) is 38.3 Å². The van der Waals surface area contributed by atoms with E-state index in [9.17, 15) is 14.7 Å². The van der Waals surface area contributed by atoms with Crippen LogP contribution in [0.15, 0.2) is 64.4 Å². The van der Waals surface area contributed by atoms with Crippen LogP contribution in [0.1, 0.15) is 16.0 Å². The van der Waals surface area contributed by atoms with Crippen LogP contribution in [0, 0.1) is 0 Å². The molecule has 1 aromatic heterocycles. The van der Waals surface area contributed by atoms with Gasteiger partial charge in [-0.3, -0.25) is 19.1 Å². The molecular formula is C21H17N3O3S. The minimum absolute atomic E-state index is 0.213.